The van der Waals surface area contributed by atoms with E-state index in [1.54, 1.807) is 0 Å². The molecule has 6 nitrogen and oxygen atoms in total. The Morgan fingerprint density at radius 2 is 1.84 bits per heavy atom. The Hall–Kier alpha value is -1.73. The van der Waals surface area contributed by atoms with Crippen molar-refractivity contribution < 1.29 is 9.59 Å². The summed E-state index contributed by atoms with van der Waals surface area (Å²) < 4.78 is 0. The summed E-state index contributed by atoms with van der Waals surface area (Å²) >= 11 is 2.02. The van der Waals surface area contributed by atoms with E-state index in [4.69, 9.17) is 0 Å². The molecule has 0 atom stereocenters. The van der Waals surface area contributed by atoms with Gasteiger partial charge in [0.2, 0.25) is 5.91 Å². The van der Waals surface area contributed by atoms with E-state index in [1.807, 2.05) is 43.0 Å². The SMILES string of the molecule is CCCNC(=O)CNC(=O)Nc1ccc(CCN2CCSCC2)cc1. The van der Waals surface area contributed by atoms with Crippen LogP contribution in [0.1, 0.15) is 18.9 Å². The van der Waals surface area contributed by atoms with Crippen molar-refractivity contribution in [2.45, 2.75) is 19.8 Å². The van der Waals surface area contributed by atoms with Crippen molar-refractivity contribution in [2.75, 3.05) is 49.5 Å². The maximum Gasteiger partial charge on any atom is 0.319 e. The van der Waals surface area contributed by atoms with Gasteiger partial charge in [-0.25, -0.2) is 4.79 Å². The summed E-state index contributed by atoms with van der Waals surface area (Å²) in [5, 5.41) is 8.01. The first kappa shape index (κ1) is 19.6. The van der Waals surface area contributed by atoms with Gasteiger partial charge in [0, 0.05) is 43.4 Å². The Bertz CT molecular complexity index is 545. The topological polar surface area (TPSA) is 73.5 Å². The Labute approximate surface area is 154 Å². The zero-order valence-electron chi connectivity index (χ0n) is 14.8. The van der Waals surface area contributed by atoms with E-state index >= 15 is 0 Å². The summed E-state index contributed by atoms with van der Waals surface area (Å²) in [6, 6.07) is 7.52. The third-order valence-corrected chi connectivity index (χ3v) is 4.96. The van der Waals surface area contributed by atoms with Gasteiger partial charge in [-0.15, -0.1) is 0 Å². The molecule has 1 fully saturated rings. The minimum Gasteiger partial charge on any atom is -0.355 e. The lowest BCUT2D eigenvalue weighted by Crippen LogP contribution is -2.39. The number of nitrogens with one attached hydrogen (secondary N) is 3. The summed E-state index contributed by atoms with van der Waals surface area (Å²) in [5.41, 5.74) is 1.99. The largest absolute Gasteiger partial charge is 0.355 e. The molecule has 1 saturated heterocycles. The van der Waals surface area contributed by atoms with E-state index in [1.165, 1.54) is 30.2 Å². The summed E-state index contributed by atoms with van der Waals surface area (Å²) in [4.78, 5) is 25.7. The predicted octanol–water partition coefficient (Wildman–Crippen LogP) is 1.93. The molecule has 1 heterocycles. The number of hydrogen-bond donors (Lipinski definition) is 3. The molecule has 1 aliphatic heterocycles. The molecule has 0 saturated carbocycles. The second-order valence-electron chi connectivity index (χ2n) is 6.06. The molecule has 1 aromatic rings. The molecule has 0 spiro atoms. The maximum absolute atomic E-state index is 11.8. The van der Waals surface area contributed by atoms with Crippen LogP contribution in [0.5, 0.6) is 0 Å². The number of hydrogen-bond acceptors (Lipinski definition) is 4. The smallest absolute Gasteiger partial charge is 0.319 e. The van der Waals surface area contributed by atoms with Crippen LogP contribution >= 0.6 is 11.8 Å². The highest BCUT2D eigenvalue weighted by atomic mass is 32.2. The third-order valence-electron chi connectivity index (χ3n) is 4.01. The fourth-order valence-electron chi connectivity index (χ4n) is 2.53. The third kappa shape index (κ3) is 7.79. The summed E-state index contributed by atoms with van der Waals surface area (Å²) in [6.07, 6.45) is 1.90. The van der Waals surface area contributed by atoms with E-state index < -0.39 is 0 Å². The van der Waals surface area contributed by atoms with E-state index in [2.05, 4.69) is 20.9 Å². The van der Waals surface area contributed by atoms with Crippen LogP contribution < -0.4 is 16.0 Å². The van der Waals surface area contributed by atoms with Gasteiger partial charge in [-0.1, -0.05) is 19.1 Å². The summed E-state index contributed by atoms with van der Waals surface area (Å²) in [6.45, 7) is 6.03. The second kappa shape index (κ2) is 11.0. The molecule has 1 aromatic carbocycles. The highest BCUT2D eigenvalue weighted by Gasteiger charge is 2.10. The molecular formula is C18H28N4O2S. The normalized spacial score (nSPS) is 14.8. The highest BCUT2D eigenvalue weighted by molar-refractivity contribution is 7.99. The lowest BCUT2D eigenvalue weighted by molar-refractivity contribution is -0.120. The van der Waals surface area contributed by atoms with Crippen LogP contribution in [0, 0.1) is 0 Å². The van der Waals surface area contributed by atoms with Crippen LogP contribution in [0.25, 0.3) is 0 Å². The first-order valence-corrected chi connectivity index (χ1v) is 10.0. The van der Waals surface area contributed by atoms with Gasteiger partial charge in [0.25, 0.3) is 0 Å². The quantitative estimate of drug-likeness (QED) is 0.659. The van der Waals surface area contributed by atoms with E-state index in [0.717, 1.165) is 25.1 Å². The molecule has 3 N–H and O–H groups in total. The van der Waals surface area contributed by atoms with Gasteiger partial charge in [0.1, 0.15) is 0 Å². The van der Waals surface area contributed by atoms with Gasteiger partial charge in [0.15, 0.2) is 0 Å². The first-order valence-electron chi connectivity index (χ1n) is 8.88. The molecular weight excluding hydrogens is 336 g/mol. The van der Waals surface area contributed by atoms with Gasteiger partial charge < -0.3 is 20.9 Å². The van der Waals surface area contributed by atoms with Crippen molar-refractivity contribution in [3.8, 4) is 0 Å². The molecule has 1 aliphatic rings. The predicted molar refractivity (Wildman–Crippen MR) is 104 cm³/mol. The minimum atomic E-state index is -0.370. The standard InChI is InChI=1S/C18H28N4O2S/c1-2-8-19-17(23)14-20-18(24)21-16-5-3-15(4-6-16)7-9-22-10-12-25-13-11-22/h3-6H,2,7-14H2,1H3,(H,19,23)(H2,20,21,24). The number of carbonyl (C=O) groups is 2. The summed E-state index contributed by atoms with van der Waals surface area (Å²) in [5.74, 6) is 2.28. The molecule has 0 radical (unpaired) electrons. The average molecular weight is 365 g/mol. The lowest BCUT2D eigenvalue weighted by Gasteiger charge is -2.26. The fourth-order valence-corrected chi connectivity index (χ4v) is 3.51. The van der Waals surface area contributed by atoms with E-state index in [9.17, 15) is 9.59 Å². The summed E-state index contributed by atoms with van der Waals surface area (Å²) in [7, 11) is 0. The average Bonchev–Trinajstić information content (AvgIpc) is 2.65. The fraction of sp³-hybridized carbons (Fsp3) is 0.556. The Kier molecular flexibility index (Phi) is 8.62. The zero-order valence-corrected chi connectivity index (χ0v) is 15.7. The van der Waals surface area contributed by atoms with Gasteiger partial charge in [-0.2, -0.15) is 11.8 Å². The Morgan fingerprint density at radius 1 is 1.12 bits per heavy atom. The first-order chi connectivity index (χ1) is 12.2. The minimum absolute atomic E-state index is 0.0158. The van der Waals surface area contributed by atoms with Crippen LogP contribution in [0.2, 0.25) is 0 Å². The van der Waals surface area contributed by atoms with Crippen LogP contribution in [0.15, 0.2) is 24.3 Å². The van der Waals surface area contributed by atoms with Crippen molar-refractivity contribution in [1.29, 1.82) is 0 Å². The Morgan fingerprint density at radius 3 is 2.52 bits per heavy atom. The molecule has 7 heteroatoms. The van der Waals surface area contributed by atoms with E-state index in [0.29, 0.717) is 6.54 Å². The van der Waals surface area contributed by atoms with Crippen molar-refractivity contribution in [1.82, 2.24) is 15.5 Å². The molecule has 2 rings (SSSR count). The van der Waals surface area contributed by atoms with Crippen LogP contribution in [-0.2, 0) is 11.2 Å². The number of thioether (sulfide) groups is 1. The van der Waals surface area contributed by atoms with Gasteiger partial charge in [0.05, 0.1) is 6.54 Å². The van der Waals surface area contributed by atoms with Gasteiger partial charge >= 0.3 is 6.03 Å². The number of anilines is 1. The lowest BCUT2D eigenvalue weighted by atomic mass is 10.1. The molecule has 0 unspecified atom stereocenters. The van der Waals surface area contributed by atoms with Crippen molar-refractivity contribution in [2.24, 2.45) is 0 Å². The molecule has 0 aliphatic carbocycles. The molecule has 3 amide bonds. The maximum atomic E-state index is 11.8. The number of benzene rings is 1. The number of nitrogens with zero attached hydrogens (tertiary/aromatic N) is 1. The Balaban J connectivity index is 1.68. The van der Waals surface area contributed by atoms with Crippen molar-refractivity contribution in [3.63, 3.8) is 0 Å². The number of amides is 3. The van der Waals surface area contributed by atoms with Crippen molar-refractivity contribution in [3.05, 3.63) is 29.8 Å². The van der Waals surface area contributed by atoms with Crippen LogP contribution in [0.4, 0.5) is 10.5 Å². The van der Waals surface area contributed by atoms with Crippen LogP contribution in [-0.4, -0.2) is 61.1 Å². The second-order valence-corrected chi connectivity index (χ2v) is 7.28. The molecule has 0 bridgehead atoms. The molecule has 0 aromatic heterocycles. The highest BCUT2D eigenvalue weighted by Crippen LogP contribution is 2.12. The zero-order chi connectivity index (χ0) is 17.9. The van der Waals surface area contributed by atoms with Gasteiger partial charge in [-0.3, -0.25) is 4.79 Å². The van der Waals surface area contributed by atoms with E-state index in [-0.39, 0.29) is 18.5 Å². The number of urea groups is 1. The van der Waals surface area contributed by atoms with Crippen LogP contribution in [0.3, 0.4) is 0 Å². The monoisotopic (exact) mass is 364 g/mol. The molecule has 25 heavy (non-hydrogen) atoms. The van der Waals surface area contributed by atoms with Gasteiger partial charge in [-0.05, 0) is 30.5 Å². The molecule has 138 valence electrons. The number of carbonyl (C=O) groups excluding carboxylic acids is 2. The number of rotatable bonds is 8. The van der Waals surface area contributed by atoms with Crippen molar-refractivity contribution >= 4 is 29.4 Å².